The molecule has 1 aliphatic rings. The SMILES string of the molecule is Nc1nccc(N2CCCOCC2)n1. The van der Waals surface area contributed by atoms with Gasteiger partial charge in [-0.3, -0.25) is 0 Å². The van der Waals surface area contributed by atoms with Gasteiger partial charge in [0.05, 0.1) is 6.61 Å². The van der Waals surface area contributed by atoms with Gasteiger partial charge in [-0.05, 0) is 12.5 Å². The lowest BCUT2D eigenvalue weighted by Gasteiger charge is -2.20. The van der Waals surface area contributed by atoms with Gasteiger partial charge in [0, 0.05) is 25.9 Å². The maximum atomic E-state index is 5.52. The van der Waals surface area contributed by atoms with Crippen molar-refractivity contribution in [1.29, 1.82) is 0 Å². The summed E-state index contributed by atoms with van der Waals surface area (Å²) in [7, 11) is 0. The molecule has 0 aromatic carbocycles. The summed E-state index contributed by atoms with van der Waals surface area (Å²) in [5.41, 5.74) is 5.52. The zero-order valence-electron chi connectivity index (χ0n) is 8.02. The van der Waals surface area contributed by atoms with Crippen molar-refractivity contribution in [3.05, 3.63) is 12.3 Å². The Morgan fingerprint density at radius 2 is 2.29 bits per heavy atom. The van der Waals surface area contributed by atoms with E-state index in [1.807, 2.05) is 6.07 Å². The Morgan fingerprint density at radius 3 is 3.14 bits per heavy atom. The highest BCUT2D eigenvalue weighted by atomic mass is 16.5. The van der Waals surface area contributed by atoms with E-state index >= 15 is 0 Å². The van der Waals surface area contributed by atoms with Crippen LogP contribution < -0.4 is 10.6 Å². The van der Waals surface area contributed by atoms with Gasteiger partial charge in [0.25, 0.3) is 0 Å². The van der Waals surface area contributed by atoms with E-state index < -0.39 is 0 Å². The van der Waals surface area contributed by atoms with Crippen molar-refractivity contribution in [2.24, 2.45) is 0 Å². The van der Waals surface area contributed by atoms with Crippen LogP contribution in [0.4, 0.5) is 11.8 Å². The second kappa shape index (κ2) is 4.23. The highest BCUT2D eigenvalue weighted by molar-refractivity contribution is 5.40. The summed E-state index contributed by atoms with van der Waals surface area (Å²) in [4.78, 5) is 10.2. The summed E-state index contributed by atoms with van der Waals surface area (Å²) in [5, 5.41) is 0. The summed E-state index contributed by atoms with van der Waals surface area (Å²) < 4.78 is 5.36. The number of nitrogens with zero attached hydrogens (tertiary/aromatic N) is 3. The molecule has 2 rings (SSSR count). The van der Waals surface area contributed by atoms with Crippen molar-refractivity contribution in [3.63, 3.8) is 0 Å². The molecule has 1 fully saturated rings. The summed E-state index contributed by atoms with van der Waals surface area (Å²) in [5.74, 6) is 1.22. The van der Waals surface area contributed by atoms with Crippen LogP contribution in [-0.4, -0.2) is 36.3 Å². The third-order valence-electron chi connectivity index (χ3n) is 2.21. The van der Waals surface area contributed by atoms with E-state index in [-0.39, 0.29) is 0 Å². The lowest BCUT2D eigenvalue weighted by molar-refractivity contribution is 0.152. The molecule has 1 aromatic rings. The van der Waals surface area contributed by atoms with Crippen molar-refractivity contribution < 1.29 is 4.74 Å². The predicted molar refractivity (Wildman–Crippen MR) is 54.1 cm³/mol. The second-order valence-corrected chi connectivity index (χ2v) is 3.23. The Labute approximate surface area is 82.9 Å². The van der Waals surface area contributed by atoms with E-state index in [4.69, 9.17) is 10.5 Å². The molecule has 0 amide bonds. The molecule has 0 unspecified atom stereocenters. The third-order valence-corrected chi connectivity index (χ3v) is 2.21. The van der Waals surface area contributed by atoms with Gasteiger partial charge in [-0.25, -0.2) is 4.98 Å². The number of rotatable bonds is 1. The van der Waals surface area contributed by atoms with E-state index in [0.29, 0.717) is 5.95 Å². The van der Waals surface area contributed by atoms with Gasteiger partial charge >= 0.3 is 0 Å². The maximum Gasteiger partial charge on any atom is 0.221 e. The molecular weight excluding hydrogens is 180 g/mol. The van der Waals surface area contributed by atoms with Crippen LogP contribution in [-0.2, 0) is 4.74 Å². The Bertz CT molecular complexity index is 297. The van der Waals surface area contributed by atoms with Crippen LogP contribution in [0.1, 0.15) is 6.42 Å². The number of hydrogen-bond donors (Lipinski definition) is 1. The fourth-order valence-corrected chi connectivity index (χ4v) is 1.52. The van der Waals surface area contributed by atoms with Crippen molar-refractivity contribution in [2.45, 2.75) is 6.42 Å². The molecule has 5 nitrogen and oxygen atoms in total. The first-order valence-electron chi connectivity index (χ1n) is 4.77. The van der Waals surface area contributed by atoms with Gasteiger partial charge in [0.15, 0.2) is 0 Å². The number of hydrogen-bond acceptors (Lipinski definition) is 5. The third kappa shape index (κ3) is 2.11. The summed E-state index contributed by atoms with van der Waals surface area (Å²) in [6.45, 7) is 3.42. The normalized spacial score (nSPS) is 17.9. The van der Waals surface area contributed by atoms with Gasteiger partial charge in [-0.2, -0.15) is 4.98 Å². The zero-order chi connectivity index (χ0) is 9.80. The van der Waals surface area contributed by atoms with Gasteiger partial charge in [0.2, 0.25) is 5.95 Å². The quantitative estimate of drug-likeness (QED) is 0.696. The van der Waals surface area contributed by atoms with Gasteiger partial charge in [-0.1, -0.05) is 0 Å². The first-order valence-corrected chi connectivity index (χ1v) is 4.77. The van der Waals surface area contributed by atoms with Crippen molar-refractivity contribution >= 4 is 11.8 Å². The van der Waals surface area contributed by atoms with Crippen LogP contribution >= 0.6 is 0 Å². The number of nitrogens with two attached hydrogens (primary N) is 1. The topological polar surface area (TPSA) is 64.3 Å². The number of nitrogen functional groups attached to an aromatic ring is 1. The Morgan fingerprint density at radius 1 is 1.36 bits per heavy atom. The fourth-order valence-electron chi connectivity index (χ4n) is 1.52. The van der Waals surface area contributed by atoms with Crippen LogP contribution in [0.5, 0.6) is 0 Å². The van der Waals surface area contributed by atoms with E-state index in [0.717, 1.165) is 38.5 Å². The van der Waals surface area contributed by atoms with Gasteiger partial charge in [-0.15, -0.1) is 0 Å². The highest BCUT2D eigenvalue weighted by Gasteiger charge is 2.10. The molecule has 5 heteroatoms. The molecule has 0 radical (unpaired) electrons. The molecule has 0 bridgehead atoms. The lowest BCUT2D eigenvalue weighted by atomic mass is 10.4. The molecule has 0 saturated carbocycles. The Kier molecular flexibility index (Phi) is 2.78. The average Bonchev–Trinajstić information content (AvgIpc) is 2.45. The molecular formula is C9H14N4O. The lowest BCUT2D eigenvalue weighted by Crippen LogP contribution is -2.27. The van der Waals surface area contributed by atoms with Gasteiger partial charge in [0.1, 0.15) is 5.82 Å². The van der Waals surface area contributed by atoms with E-state index in [2.05, 4.69) is 14.9 Å². The summed E-state index contributed by atoms with van der Waals surface area (Å²) >= 11 is 0. The standard InChI is InChI=1S/C9H14N4O/c10-9-11-3-2-8(12-9)13-4-1-6-14-7-5-13/h2-3H,1,4-7H2,(H2,10,11,12). The van der Waals surface area contributed by atoms with Crippen LogP contribution in [0, 0.1) is 0 Å². The summed E-state index contributed by atoms with van der Waals surface area (Å²) in [6, 6.07) is 1.88. The molecule has 76 valence electrons. The number of ether oxygens (including phenoxy) is 1. The molecule has 0 spiro atoms. The Balaban J connectivity index is 2.12. The molecule has 2 heterocycles. The molecule has 1 aromatic heterocycles. The first kappa shape index (κ1) is 9.21. The van der Waals surface area contributed by atoms with Crippen molar-refractivity contribution in [3.8, 4) is 0 Å². The molecule has 14 heavy (non-hydrogen) atoms. The van der Waals surface area contributed by atoms with E-state index in [9.17, 15) is 0 Å². The minimum Gasteiger partial charge on any atom is -0.380 e. The predicted octanol–water partition coefficient (Wildman–Crippen LogP) is 0.285. The molecule has 1 aliphatic heterocycles. The monoisotopic (exact) mass is 194 g/mol. The first-order chi connectivity index (χ1) is 6.86. The van der Waals surface area contributed by atoms with E-state index in [1.165, 1.54) is 0 Å². The fraction of sp³-hybridized carbons (Fsp3) is 0.556. The van der Waals surface area contributed by atoms with Crippen molar-refractivity contribution in [1.82, 2.24) is 9.97 Å². The summed E-state index contributed by atoms with van der Waals surface area (Å²) in [6.07, 6.45) is 2.72. The van der Waals surface area contributed by atoms with Crippen molar-refractivity contribution in [2.75, 3.05) is 36.9 Å². The second-order valence-electron chi connectivity index (χ2n) is 3.23. The Hall–Kier alpha value is -1.36. The van der Waals surface area contributed by atoms with Gasteiger partial charge < -0.3 is 15.4 Å². The zero-order valence-corrected chi connectivity index (χ0v) is 8.02. The number of anilines is 2. The largest absolute Gasteiger partial charge is 0.380 e. The molecule has 0 atom stereocenters. The van der Waals surface area contributed by atoms with Crippen LogP contribution in [0.15, 0.2) is 12.3 Å². The average molecular weight is 194 g/mol. The van der Waals surface area contributed by atoms with E-state index in [1.54, 1.807) is 6.20 Å². The van der Waals surface area contributed by atoms with Crippen LogP contribution in [0.25, 0.3) is 0 Å². The number of aromatic nitrogens is 2. The smallest absolute Gasteiger partial charge is 0.221 e. The van der Waals surface area contributed by atoms with Crippen LogP contribution in [0.3, 0.4) is 0 Å². The molecule has 2 N–H and O–H groups in total. The highest BCUT2D eigenvalue weighted by Crippen LogP contribution is 2.12. The minimum atomic E-state index is 0.327. The maximum absolute atomic E-state index is 5.52. The van der Waals surface area contributed by atoms with Crippen LogP contribution in [0.2, 0.25) is 0 Å². The molecule has 0 aliphatic carbocycles. The minimum absolute atomic E-state index is 0.327. The molecule has 1 saturated heterocycles.